The number of nitro benzene ring substituents is 1. The zero-order chi connectivity index (χ0) is 13.8. The number of ether oxygens (including phenoxy) is 2. The Morgan fingerprint density at radius 1 is 1.37 bits per heavy atom. The monoisotopic (exact) mass is 274 g/mol. The van der Waals surface area contributed by atoms with Crippen molar-refractivity contribution in [2.75, 3.05) is 31.2 Å². The van der Waals surface area contributed by atoms with E-state index in [1.165, 1.54) is 12.1 Å². The van der Waals surface area contributed by atoms with Crippen molar-refractivity contribution in [2.45, 2.75) is 6.61 Å². The van der Waals surface area contributed by atoms with Crippen LogP contribution in [0.1, 0.15) is 0 Å². The highest BCUT2D eigenvalue weighted by atomic mass is 19.3. The molecule has 1 saturated heterocycles. The second-order valence-electron chi connectivity index (χ2n) is 3.89. The maximum Gasteiger partial charge on any atom is 0.387 e. The molecule has 0 aromatic heterocycles. The van der Waals surface area contributed by atoms with Crippen LogP contribution >= 0.6 is 0 Å². The predicted octanol–water partition coefficient (Wildman–Crippen LogP) is 2.03. The maximum atomic E-state index is 12.4. The Bertz CT molecular complexity index is 464. The Morgan fingerprint density at radius 2 is 2.05 bits per heavy atom. The minimum absolute atomic E-state index is 0.189. The van der Waals surface area contributed by atoms with Gasteiger partial charge in [-0.1, -0.05) is 0 Å². The molecule has 1 heterocycles. The molecular weight excluding hydrogens is 262 g/mol. The molecule has 0 bridgehead atoms. The van der Waals surface area contributed by atoms with Crippen LogP contribution in [0.15, 0.2) is 18.2 Å². The molecule has 6 nitrogen and oxygen atoms in total. The van der Waals surface area contributed by atoms with Gasteiger partial charge in [0.15, 0.2) is 5.75 Å². The van der Waals surface area contributed by atoms with Gasteiger partial charge >= 0.3 is 6.61 Å². The van der Waals surface area contributed by atoms with E-state index in [1.54, 1.807) is 4.90 Å². The van der Waals surface area contributed by atoms with Crippen molar-refractivity contribution in [1.29, 1.82) is 0 Å². The molecule has 0 spiro atoms. The molecule has 1 aliphatic rings. The Balaban J connectivity index is 2.31. The molecule has 1 aromatic rings. The van der Waals surface area contributed by atoms with Crippen LogP contribution < -0.4 is 9.64 Å². The molecule has 0 atom stereocenters. The van der Waals surface area contributed by atoms with Crippen molar-refractivity contribution in [2.24, 2.45) is 0 Å². The summed E-state index contributed by atoms with van der Waals surface area (Å²) in [5, 5.41) is 10.7. The second kappa shape index (κ2) is 5.79. The summed E-state index contributed by atoms with van der Waals surface area (Å²) in [6.45, 7) is -1.02. The summed E-state index contributed by atoms with van der Waals surface area (Å²) in [6, 6.07) is 3.70. The lowest BCUT2D eigenvalue weighted by molar-refractivity contribution is -0.385. The molecule has 1 aromatic carbocycles. The highest BCUT2D eigenvalue weighted by Gasteiger charge is 2.20. The number of benzene rings is 1. The Morgan fingerprint density at radius 3 is 2.63 bits per heavy atom. The van der Waals surface area contributed by atoms with Crippen molar-refractivity contribution < 1.29 is 23.2 Å². The average molecular weight is 274 g/mol. The number of non-ortho nitro benzene ring substituents is 1. The lowest BCUT2D eigenvalue weighted by atomic mass is 10.2. The van der Waals surface area contributed by atoms with Gasteiger partial charge in [-0.2, -0.15) is 8.78 Å². The lowest BCUT2D eigenvalue weighted by Crippen LogP contribution is -2.36. The molecule has 0 saturated carbocycles. The third kappa shape index (κ3) is 3.28. The number of alkyl halides is 2. The van der Waals surface area contributed by atoms with E-state index in [-0.39, 0.29) is 11.4 Å². The Hall–Kier alpha value is -1.96. The molecular formula is C11H12F2N2O4. The molecule has 0 unspecified atom stereocenters. The van der Waals surface area contributed by atoms with E-state index in [1.807, 2.05) is 0 Å². The molecule has 1 fully saturated rings. The van der Waals surface area contributed by atoms with E-state index >= 15 is 0 Å². The molecule has 8 heteroatoms. The van der Waals surface area contributed by atoms with Gasteiger partial charge in [-0.3, -0.25) is 10.1 Å². The summed E-state index contributed by atoms with van der Waals surface area (Å²) >= 11 is 0. The molecule has 0 aliphatic carbocycles. The average Bonchev–Trinajstić information content (AvgIpc) is 2.39. The van der Waals surface area contributed by atoms with Crippen molar-refractivity contribution in [1.82, 2.24) is 0 Å². The molecule has 1 aliphatic heterocycles. The van der Waals surface area contributed by atoms with Crippen molar-refractivity contribution in [3.63, 3.8) is 0 Å². The minimum Gasteiger partial charge on any atom is -0.432 e. The Labute approximate surface area is 107 Å². The zero-order valence-electron chi connectivity index (χ0n) is 9.92. The minimum atomic E-state index is -3.03. The van der Waals surface area contributed by atoms with E-state index in [2.05, 4.69) is 4.74 Å². The highest BCUT2D eigenvalue weighted by molar-refractivity contribution is 5.62. The van der Waals surface area contributed by atoms with Gasteiger partial charge in [-0.05, 0) is 6.07 Å². The number of halogens is 2. The molecule has 0 radical (unpaired) electrons. The van der Waals surface area contributed by atoms with Gasteiger partial charge in [0.1, 0.15) is 0 Å². The second-order valence-corrected chi connectivity index (χ2v) is 3.89. The normalized spacial score (nSPS) is 15.6. The van der Waals surface area contributed by atoms with Gasteiger partial charge in [0.05, 0.1) is 29.9 Å². The van der Waals surface area contributed by atoms with Gasteiger partial charge in [0.2, 0.25) is 0 Å². The number of rotatable bonds is 4. The van der Waals surface area contributed by atoms with Crippen LogP contribution in [-0.4, -0.2) is 37.8 Å². The third-order valence-electron chi connectivity index (χ3n) is 2.72. The number of nitrogens with zero attached hydrogens (tertiary/aromatic N) is 2. The number of nitro groups is 1. The number of hydrogen-bond acceptors (Lipinski definition) is 5. The van der Waals surface area contributed by atoms with Crippen molar-refractivity contribution in [3.8, 4) is 5.75 Å². The smallest absolute Gasteiger partial charge is 0.387 e. The van der Waals surface area contributed by atoms with E-state index in [4.69, 9.17) is 4.74 Å². The first-order valence-electron chi connectivity index (χ1n) is 5.64. The maximum absolute atomic E-state index is 12.4. The van der Waals surface area contributed by atoms with Crippen LogP contribution in [0, 0.1) is 10.1 Å². The first kappa shape index (κ1) is 13.5. The highest BCUT2D eigenvalue weighted by Crippen LogP contribution is 2.33. The van der Waals surface area contributed by atoms with Crippen LogP contribution in [0.2, 0.25) is 0 Å². The number of anilines is 1. The van der Waals surface area contributed by atoms with E-state index in [9.17, 15) is 18.9 Å². The molecule has 0 N–H and O–H groups in total. The number of hydrogen-bond donors (Lipinski definition) is 0. The van der Waals surface area contributed by atoms with E-state index in [0.29, 0.717) is 32.0 Å². The summed E-state index contributed by atoms with van der Waals surface area (Å²) in [6.07, 6.45) is 0. The van der Waals surface area contributed by atoms with Gasteiger partial charge < -0.3 is 14.4 Å². The van der Waals surface area contributed by atoms with E-state index in [0.717, 1.165) is 6.07 Å². The summed E-state index contributed by atoms with van der Waals surface area (Å²) in [5.41, 5.74) is 0.127. The third-order valence-corrected chi connectivity index (χ3v) is 2.72. The van der Waals surface area contributed by atoms with Crippen LogP contribution in [0.4, 0.5) is 20.2 Å². The molecule has 19 heavy (non-hydrogen) atoms. The first-order valence-corrected chi connectivity index (χ1v) is 5.64. The van der Waals surface area contributed by atoms with E-state index < -0.39 is 11.5 Å². The number of morpholine rings is 1. The van der Waals surface area contributed by atoms with Gasteiger partial charge in [0, 0.05) is 19.2 Å². The SMILES string of the molecule is O=[N+]([O-])c1ccc(N2CCOCC2)c(OC(F)F)c1. The van der Waals surface area contributed by atoms with Crippen molar-refractivity contribution in [3.05, 3.63) is 28.3 Å². The lowest BCUT2D eigenvalue weighted by Gasteiger charge is -2.30. The standard InChI is InChI=1S/C11H12F2N2O4/c12-11(13)19-10-7-8(15(16)17)1-2-9(10)14-3-5-18-6-4-14/h1-2,7,11H,3-6H2. The van der Waals surface area contributed by atoms with Crippen LogP contribution in [0.3, 0.4) is 0 Å². The first-order chi connectivity index (χ1) is 9.08. The Kier molecular flexibility index (Phi) is 4.10. The summed E-state index contributed by atoms with van der Waals surface area (Å²) < 4.78 is 34.3. The van der Waals surface area contributed by atoms with Gasteiger partial charge in [-0.15, -0.1) is 0 Å². The van der Waals surface area contributed by atoms with Gasteiger partial charge in [-0.25, -0.2) is 0 Å². The van der Waals surface area contributed by atoms with Crippen LogP contribution in [-0.2, 0) is 4.74 Å². The van der Waals surface area contributed by atoms with Crippen LogP contribution in [0.25, 0.3) is 0 Å². The van der Waals surface area contributed by atoms with Crippen molar-refractivity contribution >= 4 is 11.4 Å². The summed E-state index contributed by atoms with van der Waals surface area (Å²) in [7, 11) is 0. The fraction of sp³-hybridized carbons (Fsp3) is 0.455. The topological polar surface area (TPSA) is 64.8 Å². The molecule has 2 rings (SSSR count). The fourth-order valence-electron chi connectivity index (χ4n) is 1.87. The summed E-state index contributed by atoms with van der Waals surface area (Å²) in [4.78, 5) is 11.8. The quantitative estimate of drug-likeness (QED) is 0.621. The van der Waals surface area contributed by atoms with Gasteiger partial charge in [0.25, 0.3) is 5.69 Å². The zero-order valence-corrected chi connectivity index (χ0v) is 9.92. The van der Waals surface area contributed by atoms with Crippen LogP contribution in [0.5, 0.6) is 5.75 Å². The summed E-state index contributed by atoms with van der Waals surface area (Å²) in [5.74, 6) is -0.189. The molecule has 104 valence electrons. The fourth-order valence-corrected chi connectivity index (χ4v) is 1.87. The molecule has 0 amide bonds. The largest absolute Gasteiger partial charge is 0.432 e. The predicted molar refractivity (Wildman–Crippen MR) is 62.8 cm³/mol.